The molecule has 1 N–H and O–H groups in total. The van der Waals surface area contributed by atoms with E-state index < -0.39 is 0 Å². The van der Waals surface area contributed by atoms with Crippen molar-refractivity contribution in [3.63, 3.8) is 0 Å². The summed E-state index contributed by atoms with van der Waals surface area (Å²) in [7, 11) is 6.08. The molecule has 2 rings (SSSR count). The molecule has 1 aromatic carbocycles. The van der Waals surface area contributed by atoms with Crippen molar-refractivity contribution in [3.8, 4) is 0 Å². The highest BCUT2D eigenvalue weighted by Gasteiger charge is 2.11. The monoisotopic (exact) mass is 286 g/mol. The van der Waals surface area contributed by atoms with Crippen molar-refractivity contribution >= 4 is 5.95 Å². The normalized spacial score (nSPS) is 12.5. The maximum atomic E-state index is 4.45. The Morgan fingerprint density at radius 1 is 1.29 bits per heavy atom. The number of anilines is 1. The number of aromatic nitrogens is 2. The molecule has 4 nitrogen and oxygen atoms in total. The van der Waals surface area contributed by atoms with E-state index in [4.69, 9.17) is 0 Å². The minimum Gasteiger partial charge on any atom is -0.348 e. The van der Waals surface area contributed by atoms with Crippen LogP contribution in [-0.2, 0) is 13.6 Å². The summed E-state index contributed by atoms with van der Waals surface area (Å²) >= 11 is 0. The summed E-state index contributed by atoms with van der Waals surface area (Å²) in [5, 5.41) is 3.60. The first-order valence-electron chi connectivity index (χ1n) is 7.38. The van der Waals surface area contributed by atoms with Crippen molar-refractivity contribution in [1.82, 2.24) is 14.9 Å². The van der Waals surface area contributed by atoms with Crippen molar-refractivity contribution in [2.24, 2.45) is 7.05 Å². The SMILES string of the molecule is Cc1ccc(C)c(C(C)NCc2cnc(N(C)C)n2C)c1. The molecule has 0 spiro atoms. The smallest absolute Gasteiger partial charge is 0.204 e. The average molecular weight is 286 g/mol. The number of benzene rings is 1. The van der Waals surface area contributed by atoms with Gasteiger partial charge in [0.2, 0.25) is 5.95 Å². The summed E-state index contributed by atoms with van der Waals surface area (Å²) in [6.45, 7) is 7.33. The second kappa shape index (κ2) is 6.31. The minimum absolute atomic E-state index is 0.322. The van der Waals surface area contributed by atoms with Crippen molar-refractivity contribution in [1.29, 1.82) is 0 Å². The molecular formula is C17H26N4. The largest absolute Gasteiger partial charge is 0.348 e. The molecule has 114 valence electrons. The highest BCUT2D eigenvalue weighted by molar-refractivity contribution is 5.33. The molecule has 2 aromatic rings. The van der Waals surface area contributed by atoms with Gasteiger partial charge in [0.25, 0.3) is 0 Å². The number of nitrogens with one attached hydrogen (secondary N) is 1. The van der Waals surface area contributed by atoms with Crippen LogP contribution in [0.3, 0.4) is 0 Å². The van der Waals surface area contributed by atoms with Crippen LogP contribution in [0.1, 0.15) is 35.3 Å². The first-order chi connectivity index (χ1) is 9.90. The van der Waals surface area contributed by atoms with Crippen molar-refractivity contribution < 1.29 is 0 Å². The van der Waals surface area contributed by atoms with Crippen molar-refractivity contribution in [2.75, 3.05) is 19.0 Å². The number of rotatable bonds is 5. The van der Waals surface area contributed by atoms with E-state index in [-0.39, 0.29) is 0 Å². The summed E-state index contributed by atoms with van der Waals surface area (Å²) in [6.07, 6.45) is 1.94. The summed E-state index contributed by atoms with van der Waals surface area (Å²) in [4.78, 5) is 6.47. The van der Waals surface area contributed by atoms with Gasteiger partial charge in [-0.2, -0.15) is 0 Å². The molecule has 0 amide bonds. The summed E-state index contributed by atoms with van der Waals surface area (Å²) in [5.41, 5.74) is 5.19. The third kappa shape index (κ3) is 3.45. The second-order valence-electron chi connectivity index (χ2n) is 5.97. The maximum Gasteiger partial charge on any atom is 0.204 e. The summed E-state index contributed by atoms with van der Waals surface area (Å²) in [5.74, 6) is 0.978. The van der Waals surface area contributed by atoms with E-state index in [0.29, 0.717) is 6.04 Å². The average Bonchev–Trinajstić information content (AvgIpc) is 2.80. The molecule has 1 heterocycles. The molecule has 0 saturated carbocycles. The van der Waals surface area contributed by atoms with Crippen LogP contribution in [0.25, 0.3) is 0 Å². The Hall–Kier alpha value is -1.81. The Morgan fingerprint density at radius 3 is 2.62 bits per heavy atom. The molecule has 4 heteroatoms. The van der Waals surface area contributed by atoms with Crippen LogP contribution in [0.2, 0.25) is 0 Å². The zero-order valence-corrected chi connectivity index (χ0v) is 13.9. The van der Waals surface area contributed by atoms with Gasteiger partial charge in [-0.1, -0.05) is 23.8 Å². The molecule has 0 bridgehead atoms. The highest BCUT2D eigenvalue weighted by Crippen LogP contribution is 2.20. The van der Waals surface area contributed by atoms with Gasteiger partial charge in [-0.05, 0) is 31.9 Å². The molecular weight excluding hydrogens is 260 g/mol. The second-order valence-corrected chi connectivity index (χ2v) is 5.97. The van der Waals surface area contributed by atoms with Gasteiger partial charge in [0.05, 0.1) is 11.9 Å². The Balaban J connectivity index is 2.07. The van der Waals surface area contributed by atoms with Crippen LogP contribution < -0.4 is 10.2 Å². The zero-order valence-electron chi connectivity index (χ0n) is 13.9. The van der Waals surface area contributed by atoms with E-state index in [9.17, 15) is 0 Å². The fourth-order valence-electron chi connectivity index (χ4n) is 2.61. The number of imidazole rings is 1. The lowest BCUT2D eigenvalue weighted by Crippen LogP contribution is -2.21. The zero-order chi connectivity index (χ0) is 15.6. The topological polar surface area (TPSA) is 33.1 Å². The molecule has 1 atom stereocenters. The molecule has 1 aromatic heterocycles. The predicted molar refractivity (Wildman–Crippen MR) is 88.7 cm³/mol. The lowest BCUT2D eigenvalue weighted by atomic mass is 10.00. The molecule has 0 fully saturated rings. The first kappa shape index (κ1) is 15.6. The maximum absolute atomic E-state index is 4.45. The van der Waals surface area contributed by atoms with E-state index in [2.05, 4.69) is 60.9 Å². The van der Waals surface area contributed by atoms with E-state index in [1.165, 1.54) is 22.4 Å². The summed E-state index contributed by atoms with van der Waals surface area (Å²) in [6, 6.07) is 6.94. The van der Waals surface area contributed by atoms with Gasteiger partial charge >= 0.3 is 0 Å². The molecule has 0 aliphatic carbocycles. The van der Waals surface area contributed by atoms with Crippen molar-refractivity contribution in [3.05, 3.63) is 46.8 Å². The molecule has 1 unspecified atom stereocenters. The predicted octanol–water partition coefficient (Wildman–Crippen LogP) is 2.95. The summed E-state index contributed by atoms with van der Waals surface area (Å²) < 4.78 is 2.13. The number of aryl methyl sites for hydroxylation is 2. The van der Waals surface area contributed by atoms with Crippen LogP contribution in [-0.4, -0.2) is 23.6 Å². The molecule has 0 aliphatic rings. The van der Waals surface area contributed by atoms with Crippen LogP contribution in [0.4, 0.5) is 5.95 Å². The lowest BCUT2D eigenvalue weighted by molar-refractivity contribution is 0.555. The van der Waals surface area contributed by atoms with Crippen LogP contribution in [0, 0.1) is 13.8 Å². The Kier molecular flexibility index (Phi) is 4.68. The quantitative estimate of drug-likeness (QED) is 0.917. The van der Waals surface area contributed by atoms with Crippen LogP contribution >= 0.6 is 0 Å². The lowest BCUT2D eigenvalue weighted by Gasteiger charge is -2.18. The minimum atomic E-state index is 0.322. The van der Waals surface area contributed by atoms with Crippen molar-refractivity contribution in [2.45, 2.75) is 33.4 Å². The van der Waals surface area contributed by atoms with Crippen LogP contribution in [0.15, 0.2) is 24.4 Å². The number of hydrogen-bond acceptors (Lipinski definition) is 3. The van der Waals surface area contributed by atoms with E-state index in [1.807, 2.05) is 25.2 Å². The Bertz CT molecular complexity index is 613. The highest BCUT2D eigenvalue weighted by atomic mass is 15.3. The molecule has 0 aliphatic heterocycles. The fraction of sp³-hybridized carbons (Fsp3) is 0.471. The molecule has 21 heavy (non-hydrogen) atoms. The van der Waals surface area contributed by atoms with Gasteiger partial charge in [-0.15, -0.1) is 0 Å². The molecule has 0 radical (unpaired) electrons. The molecule has 0 saturated heterocycles. The van der Waals surface area contributed by atoms with Gasteiger partial charge in [-0.3, -0.25) is 0 Å². The van der Waals surface area contributed by atoms with Gasteiger partial charge in [0.1, 0.15) is 0 Å². The van der Waals surface area contributed by atoms with E-state index in [1.54, 1.807) is 0 Å². The van der Waals surface area contributed by atoms with Gasteiger partial charge < -0.3 is 14.8 Å². The van der Waals surface area contributed by atoms with Gasteiger partial charge in [0, 0.05) is 33.7 Å². The van der Waals surface area contributed by atoms with Gasteiger partial charge in [-0.25, -0.2) is 4.98 Å². The Labute approximate surface area is 127 Å². The first-order valence-corrected chi connectivity index (χ1v) is 7.38. The van der Waals surface area contributed by atoms with Crippen LogP contribution in [0.5, 0.6) is 0 Å². The van der Waals surface area contributed by atoms with E-state index >= 15 is 0 Å². The van der Waals surface area contributed by atoms with Gasteiger partial charge in [0.15, 0.2) is 0 Å². The third-order valence-electron chi connectivity index (χ3n) is 3.95. The standard InChI is InChI=1S/C17H26N4/c1-12-7-8-13(2)16(9-12)14(3)18-10-15-11-19-17(20(4)5)21(15)6/h7-9,11,14,18H,10H2,1-6H3. The third-order valence-corrected chi connectivity index (χ3v) is 3.95. The Morgan fingerprint density at radius 2 is 2.00 bits per heavy atom. The number of nitrogens with zero attached hydrogens (tertiary/aromatic N) is 3. The fourth-order valence-corrected chi connectivity index (χ4v) is 2.61. The number of hydrogen-bond donors (Lipinski definition) is 1. The van der Waals surface area contributed by atoms with E-state index in [0.717, 1.165) is 12.5 Å².